The van der Waals surface area contributed by atoms with Crippen LogP contribution in [0.1, 0.15) is 39.0 Å². The Labute approximate surface area is 138 Å². The van der Waals surface area contributed by atoms with Crippen LogP contribution in [0.15, 0.2) is 0 Å². The predicted octanol–water partition coefficient (Wildman–Crippen LogP) is 0.303. The largest absolute Gasteiger partial charge is 0.391 e. The van der Waals surface area contributed by atoms with Crippen LogP contribution in [0, 0.1) is 5.92 Å². The molecular weight excluding hydrogens is 294 g/mol. The van der Waals surface area contributed by atoms with Crippen molar-refractivity contribution >= 4 is 11.8 Å². The zero-order valence-corrected chi connectivity index (χ0v) is 14.1. The summed E-state index contributed by atoms with van der Waals surface area (Å²) in [6, 6.07) is 0.287. The molecule has 130 valence electrons. The van der Waals surface area contributed by atoms with Crippen LogP contribution in [0.2, 0.25) is 0 Å². The molecule has 2 aliphatic heterocycles. The van der Waals surface area contributed by atoms with Gasteiger partial charge in [0.1, 0.15) is 0 Å². The zero-order valence-electron chi connectivity index (χ0n) is 14.1. The number of carbonyl (C=O) groups excluding carboxylic acids is 2. The monoisotopic (exact) mass is 323 g/mol. The van der Waals surface area contributed by atoms with Crippen molar-refractivity contribution in [3.8, 4) is 0 Å². The summed E-state index contributed by atoms with van der Waals surface area (Å²) in [7, 11) is 0. The van der Waals surface area contributed by atoms with Crippen LogP contribution in [-0.4, -0.2) is 83.0 Å². The lowest BCUT2D eigenvalue weighted by Gasteiger charge is -2.41. The highest BCUT2D eigenvalue weighted by Gasteiger charge is 2.35. The van der Waals surface area contributed by atoms with Gasteiger partial charge in [0.05, 0.1) is 12.0 Å². The van der Waals surface area contributed by atoms with Crippen molar-refractivity contribution in [1.29, 1.82) is 0 Å². The number of likely N-dealkylation sites (tertiary alicyclic amines) is 1. The summed E-state index contributed by atoms with van der Waals surface area (Å²) in [5, 5.41) is 10.0. The average Bonchev–Trinajstić information content (AvgIpc) is 3.00. The Morgan fingerprint density at radius 1 is 0.913 bits per heavy atom. The van der Waals surface area contributed by atoms with Gasteiger partial charge in [-0.05, 0) is 32.1 Å². The third-order valence-corrected chi connectivity index (χ3v) is 5.75. The van der Waals surface area contributed by atoms with Gasteiger partial charge in [0.2, 0.25) is 11.8 Å². The number of rotatable bonds is 2. The van der Waals surface area contributed by atoms with Crippen molar-refractivity contribution in [2.75, 3.05) is 39.3 Å². The minimum absolute atomic E-state index is 0.0312. The second-order valence-corrected chi connectivity index (χ2v) is 7.23. The van der Waals surface area contributed by atoms with Crippen molar-refractivity contribution < 1.29 is 14.7 Å². The molecule has 0 radical (unpaired) electrons. The Morgan fingerprint density at radius 2 is 1.65 bits per heavy atom. The summed E-state index contributed by atoms with van der Waals surface area (Å²) in [4.78, 5) is 30.4. The minimum Gasteiger partial charge on any atom is -0.391 e. The van der Waals surface area contributed by atoms with Gasteiger partial charge in [0.25, 0.3) is 0 Å². The lowest BCUT2D eigenvalue weighted by molar-refractivity contribution is -0.142. The van der Waals surface area contributed by atoms with Crippen LogP contribution >= 0.6 is 0 Å². The third-order valence-electron chi connectivity index (χ3n) is 5.75. The summed E-state index contributed by atoms with van der Waals surface area (Å²) in [5.74, 6) is 0.251. The van der Waals surface area contributed by atoms with E-state index < -0.39 is 0 Å². The number of carbonyl (C=O) groups is 2. The molecular formula is C17H29N3O3. The van der Waals surface area contributed by atoms with Gasteiger partial charge in [-0.15, -0.1) is 0 Å². The number of piperidine rings is 1. The maximum Gasteiger partial charge on any atom is 0.227 e. The zero-order chi connectivity index (χ0) is 16.4. The summed E-state index contributed by atoms with van der Waals surface area (Å²) in [5.41, 5.74) is 0. The van der Waals surface area contributed by atoms with Crippen molar-refractivity contribution in [2.45, 2.75) is 51.2 Å². The molecule has 6 heteroatoms. The Kier molecular flexibility index (Phi) is 5.21. The Bertz CT molecular complexity index is 448. The first kappa shape index (κ1) is 16.7. The number of aliphatic hydroxyl groups is 1. The van der Waals surface area contributed by atoms with E-state index in [1.165, 1.54) is 0 Å². The highest BCUT2D eigenvalue weighted by Crippen LogP contribution is 2.26. The Morgan fingerprint density at radius 3 is 2.26 bits per heavy atom. The predicted molar refractivity (Wildman–Crippen MR) is 86.8 cm³/mol. The Balaban J connectivity index is 1.51. The lowest BCUT2D eigenvalue weighted by Crippen LogP contribution is -2.55. The van der Waals surface area contributed by atoms with Gasteiger partial charge in [-0.3, -0.25) is 14.5 Å². The molecule has 2 saturated heterocycles. The maximum absolute atomic E-state index is 12.7. The van der Waals surface area contributed by atoms with E-state index in [-0.39, 0.29) is 29.9 Å². The molecule has 1 saturated carbocycles. The van der Waals surface area contributed by atoms with Gasteiger partial charge >= 0.3 is 0 Å². The molecule has 0 spiro atoms. The molecule has 3 aliphatic rings. The second kappa shape index (κ2) is 7.18. The SMILES string of the molecule is CC(=O)N1CCC[C@H](C(=O)N2CCN([C@@H]3CCC[C@H]3O)CC2)C1. The van der Waals surface area contributed by atoms with Gasteiger partial charge in [0.15, 0.2) is 0 Å². The standard InChI is InChI=1S/C17H29N3O3/c1-13(21)20-7-3-4-14(12-20)17(23)19-10-8-18(9-11-19)15-5-2-6-16(15)22/h14-16,22H,2-12H2,1H3/t14-,15+,16+/m0/s1. The normalized spacial score (nSPS) is 33.0. The summed E-state index contributed by atoms with van der Waals surface area (Å²) < 4.78 is 0. The fraction of sp³-hybridized carbons (Fsp3) is 0.882. The van der Waals surface area contributed by atoms with Crippen LogP contribution in [0.3, 0.4) is 0 Å². The van der Waals surface area contributed by atoms with Crippen molar-refractivity contribution in [1.82, 2.24) is 14.7 Å². The van der Waals surface area contributed by atoms with Gasteiger partial charge in [-0.1, -0.05) is 0 Å². The van der Waals surface area contributed by atoms with E-state index in [0.717, 1.165) is 64.8 Å². The second-order valence-electron chi connectivity index (χ2n) is 7.23. The van der Waals surface area contributed by atoms with Crippen molar-refractivity contribution in [3.05, 3.63) is 0 Å². The van der Waals surface area contributed by atoms with E-state index in [9.17, 15) is 14.7 Å². The molecule has 0 bridgehead atoms. The molecule has 0 aromatic carbocycles. The molecule has 2 heterocycles. The number of aliphatic hydroxyl groups excluding tert-OH is 1. The van der Waals surface area contributed by atoms with Gasteiger partial charge in [-0.2, -0.15) is 0 Å². The number of amides is 2. The molecule has 0 aromatic heterocycles. The van der Waals surface area contributed by atoms with Crippen molar-refractivity contribution in [2.24, 2.45) is 5.92 Å². The van der Waals surface area contributed by atoms with Crippen LogP contribution in [0.5, 0.6) is 0 Å². The molecule has 2 amide bonds. The fourth-order valence-electron chi connectivity index (χ4n) is 4.34. The van der Waals surface area contributed by atoms with Crippen LogP contribution in [0.25, 0.3) is 0 Å². The molecule has 1 N–H and O–H groups in total. The van der Waals surface area contributed by atoms with E-state index in [0.29, 0.717) is 6.54 Å². The molecule has 3 fully saturated rings. The van der Waals surface area contributed by atoms with E-state index in [2.05, 4.69) is 4.90 Å². The minimum atomic E-state index is -0.195. The average molecular weight is 323 g/mol. The van der Waals surface area contributed by atoms with Gasteiger partial charge in [0, 0.05) is 52.2 Å². The maximum atomic E-state index is 12.7. The number of hydrogen-bond donors (Lipinski definition) is 1. The Hall–Kier alpha value is -1.14. The highest BCUT2D eigenvalue weighted by atomic mass is 16.3. The number of hydrogen-bond acceptors (Lipinski definition) is 4. The molecule has 3 atom stereocenters. The summed E-state index contributed by atoms with van der Waals surface area (Å²) >= 11 is 0. The fourth-order valence-corrected chi connectivity index (χ4v) is 4.34. The van der Waals surface area contributed by atoms with E-state index in [1.807, 2.05) is 4.90 Å². The molecule has 1 aliphatic carbocycles. The summed E-state index contributed by atoms with van der Waals surface area (Å²) in [6.07, 6.45) is 4.71. The van der Waals surface area contributed by atoms with Crippen molar-refractivity contribution in [3.63, 3.8) is 0 Å². The first-order valence-electron chi connectivity index (χ1n) is 9.02. The molecule has 0 unspecified atom stereocenters. The van der Waals surface area contributed by atoms with Gasteiger partial charge in [-0.25, -0.2) is 0 Å². The molecule has 23 heavy (non-hydrogen) atoms. The molecule has 3 rings (SSSR count). The lowest BCUT2D eigenvalue weighted by atomic mass is 9.96. The van der Waals surface area contributed by atoms with Crippen LogP contribution < -0.4 is 0 Å². The highest BCUT2D eigenvalue weighted by molar-refractivity contribution is 5.81. The number of piperazine rings is 1. The number of nitrogens with zero attached hydrogens (tertiary/aromatic N) is 3. The topological polar surface area (TPSA) is 64.1 Å². The quantitative estimate of drug-likeness (QED) is 0.794. The summed E-state index contributed by atoms with van der Waals surface area (Å²) in [6.45, 7) is 6.16. The van der Waals surface area contributed by atoms with Gasteiger partial charge < -0.3 is 14.9 Å². The molecule has 6 nitrogen and oxygen atoms in total. The first-order valence-corrected chi connectivity index (χ1v) is 9.02. The molecule has 0 aromatic rings. The van der Waals surface area contributed by atoms with E-state index in [1.54, 1.807) is 11.8 Å². The first-order chi connectivity index (χ1) is 11.1. The van der Waals surface area contributed by atoms with Crippen LogP contribution in [0.4, 0.5) is 0 Å². The smallest absolute Gasteiger partial charge is 0.227 e. The van der Waals surface area contributed by atoms with E-state index >= 15 is 0 Å². The third kappa shape index (κ3) is 3.69. The van der Waals surface area contributed by atoms with Crippen LogP contribution in [-0.2, 0) is 9.59 Å². The van der Waals surface area contributed by atoms with E-state index in [4.69, 9.17) is 0 Å².